The third-order valence-electron chi connectivity index (χ3n) is 5.71. The Morgan fingerprint density at radius 3 is 2.71 bits per heavy atom. The van der Waals surface area contributed by atoms with Gasteiger partial charge in [0.2, 0.25) is 5.43 Å². The molecule has 0 radical (unpaired) electrons. The van der Waals surface area contributed by atoms with Crippen molar-refractivity contribution in [3.8, 4) is 5.75 Å². The van der Waals surface area contributed by atoms with Crippen LogP contribution in [0.15, 0.2) is 46.7 Å². The van der Waals surface area contributed by atoms with E-state index in [2.05, 4.69) is 0 Å². The number of Topliss-reactive ketones (excluding diaryl/α,β-unsaturated/α-hetero) is 1. The highest BCUT2D eigenvalue weighted by molar-refractivity contribution is 7.09. The maximum atomic E-state index is 14.0. The highest BCUT2D eigenvalue weighted by atomic mass is 32.1. The van der Waals surface area contributed by atoms with Crippen molar-refractivity contribution >= 4 is 23.0 Å². The summed E-state index contributed by atoms with van der Waals surface area (Å²) < 4.78 is 33.5. The molecule has 0 spiro atoms. The second-order valence-electron chi connectivity index (χ2n) is 8.02. The highest BCUT2D eigenvalue weighted by Gasteiger charge is 2.34. The molecule has 11 heteroatoms. The Balaban J connectivity index is 1.68. The molecule has 0 unspecified atom stereocenters. The fraction of sp³-hybridized carbons (Fsp3) is 0.292. The van der Waals surface area contributed by atoms with Crippen LogP contribution in [0.3, 0.4) is 0 Å². The minimum Gasteiger partial charge on any atom is -0.502 e. The summed E-state index contributed by atoms with van der Waals surface area (Å²) in [6, 6.07) is 6.84. The molecule has 0 atom stereocenters. The summed E-state index contributed by atoms with van der Waals surface area (Å²) >= 11 is 1.50. The first kappa shape index (κ1) is 24.6. The number of hydrogen-bond donors (Lipinski definition) is 1. The number of aryl methyl sites for hydroxylation is 1. The van der Waals surface area contributed by atoms with E-state index in [1.54, 1.807) is 5.01 Å². The van der Waals surface area contributed by atoms with E-state index in [9.17, 15) is 28.3 Å². The molecule has 0 saturated heterocycles. The molecule has 1 N–H and O–H groups in total. The zero-order chi connectivity index (χ0) is 25.1. The van der Waals surface area contributed by atoms with Crippen LogP contribution in [-0.2, 0) is 17.7 Å². The number of methoxy groups -OCH3 is 1. The predicted molar refractivity (Wildman–Crippen MR) is 125 cm³/mol. The van der Waals surface area contributed by atoms with Crippen molar-refractivity contribution in [1.82, 2.24) is 9.58 Å². The van der Waals surface area contributed by atoms with Crippen molar-refractivity contribution in [2.75, 3.05) is 31.9 Å². The lowest BCUT2D eigenvalue weighted by atomic mass is 10.0. The van der Waals surface area contributed by atoms with Gasteiger partial charge in [-0.25, -0.2) is 8.78 Å². The number of halogens is 2. The van der Waals surface area contributed by atoms with Gasteiger partial charge in [0.25, 0.3) is 5.91 Å². The number of carbonyl (C=O) groups excluding carboxylic acids is 2. The van der Waals surface area contributed by atoms with Gasteiger partial charge < -0.3 is 14.7 Å². The van der Waals surface area contributed by atoms with E-state index in [-0.39, 0.29) is 49.5 Å². The van der Waals surface area contributed by atoms with Gasteiger partial charge in [0.05, 0.1) is 18.7 Å². The molecule has 8 nitrogen and oxygen atoms in total. The molecule has 1 aliphatic rings. The molecule has 0 saturated carbocycles. The van der Waals surface area contributed by atoms with Crippen LogP contribution in [0, 0.1) is 11.6 Å². The Morgan fingerprint density at radius 1 is 1.23 bits per heavy atom. The van der Waals surface area contributed by atoms with Crippen LogP contribution in [0.1, 0.15) is 37.7 Å². The molecule has 184 valence electrons. The number of hydrogen-bond acceptors (Lipinski definition) is 7. The van der Waals surface area contributed by atoms with Crippen LogP contribution >= 0.6 is 11.3 Å². The fourth-order valence-electron chi connectivity index (χ4n) is 3.88. The molecule has 3 heterocycles. The number of ether oxygens (including phenoxy) is 1. The number of aromatic nitrogens is 1. The number of nitrogens with zero attached hydrogens (tertiary/aromatic N) is 3. The van der Waals surface area contributed by atoms with E-state index >= 15 is 0 Å². The molecular weight excluding hydrogens is 480 g/mol. The molecule has 1 aliphatic heterocycles. The Hall–Kier alpha value is -3.57. The lowest BCUT2D eigenvalue weighted by Crippen LogP contribution is -2.54. The summed E-state index contributed by atoms with van der Waals surface area (Å²) in [4.78, 5) is 41.3. The van der Waals surface area contributed by atoms with Crippen LogP contribution in [0.2, 0.25) is 0 Å². The van der Waals surface area contributed by atoms with Crippen LogP contribution in [0.4, 0.5) is 8.78 Å². The molecule has 0 fully saturated rings. The fourth-order valence-corrected chi connectivity index (χ4v) is 4.59. The maximum Gasteiger partial charge on any atom is 0.277 e. The van der Waals surface area contributed by atoms with Gasteiger partial charge in [-0.15, -0.1) is 11.3 Å². The molecule has 4 rings (SSSR count). The minimum atomic E-state index is -0.973. The number of aromatic hydroxyl groups is 1. The topological polar surface area (TPSA) is 92.1 Å². The second kappa shape index (κ2) is 10.4. The number of rotatable bonds is 9. The lowest BCUT2D eigenvalue weighted by Gasteiger charge is -2.39. The second-order valence-corrected chi connectivity index (χ2v) is 9.05. The Kier molecular flexibility index (Phi) is 7.27. The number of pyridine rings is 1. The first-order valence-electron chi connectivity index (χ1n) is 10.8. The molecular formula is C24H23F2N3O5S. The van der Waals surface area contributed by atoms with Gasteiger partial charge in [0.1, 0.15) is 18.3 Å². The highest BCUT2D eigenvalue weighted by Crippen LogP contribution is 2.24. The molecule has 1 aromatic carbocycles. The van der Waals surface area contributed by atoms with Gasteiger partial charge in [0, 0.05) is 37.2 Å². The number of fused-ring (bicyclic) bond motifs is 1. The van der Waals surface area contributed by atoms with Crippen molar-refractivity contribution in [3.05, 3.63) is 85.5 Å². The van der Waals surface area contributed by atoms with E-state index < -0.39 is 34.5 Å². The van der Waals surface area contributed by atoms with Gasteiger partial charge in [-0.05, 0) is 29.5 Å². The largest absolute Gasteiger partial charge is 0.502 e. The van der Waals surface area contributed by atoms with Gasteiger partial charge in [0.15, 0.2) is 17.2 Å². The summed E-state index contributed by atoms with van der Waals surface area (Å²) in [6.45, 7) is 1.01. The first-order valence-corrected chi connectivity index (χ1v) is 11.7. The number of benzene rings is 1. The van der Waals surface area contributed by atoms with Crippen LogP contribution in [-0.4, -0.2) is 53.3 Å². The smallest absolute Gasteiger partial charge is 0.277 e. The minimum absolute atomic E-state index is 0.0600. The van der Waals surface area contributed by atoms with E-state index in [0.29, 0.717) is 6.54 Å². The molecule has 3 aromatic rings. The number of carbonyl (C=O) groups is 2. The van der Waals surface area contributed by atoms with Crippen LogP contribution < -0.4 is 10.4 Å². The average molecular weight is 504 g/mol. The number of thiophene rings is 1. The van der Waals surface area contributed by atoms with Crippen molar-refractivity contribution < 1.29 is 28.2 Å². The summed E-state index contributed by atoms with van der Waals surface area (Å²) in [5.74, 6) is -3.54. The molecule has 35 heavy (non-hydrogen) atoms. The van der Waals surface area contributed by atoms with Gasteiger partial charge in [-0.3, -0.25) is 24.1 Å². The quantitative estimate of drug-likeness (QED) is 0.452. The third kappa shape index (κ3) is 5.10. The van der Waals surface area contributed by atoms with Crippen LogP contribution in [0.25, 0.3) is 0 Å². The van der Waals surface area contributed by atoms with Crippen molar-refractivity contribution in [2.45, 2.75) is 19.4 Å². The zero-order valence-corrected chi connectivity index (χ0v) is 19.7. The SMILES string of the molecule is COCCN1CN(Cc2cccs2)n2cc(C(=O)CCc3ccc(F)cc3F)c(=O)c(O)c2C1=O. The summed E-state index contributed by atoms with van der Waals surface area (Å²) in [6.07, 6.45) is 0.949. The van der Waals surface area contributed by atoms with Gasteiger partial charge in [-0.1, -0.05) is 12.1 Å². The zero-order valence-electron chi connectivity index (χ0n) is 18.9. The van der Waals surface area contributed by atoms with Gasteiger partial charge >= 0.3 is 0 Å². The number of ketones is 1. The molecule has 2 aromatic heterocycles. The van der Waals surface area contributed by atoms with E-state index in [0.717, 1.165) is 17.0 Å². The van der Waals surface area contributed by atoms with Crippen molar-refractivity contribution in [2.24, 2.45) is 0 Å². The summed E-state index contributed by atoms with van der Waals surface area (Å²) in [5.41, 5.74) is -1.40. The lowest BCUT2D eigenvalue weighted by molar-refractivity contribution is 0.0620. The van der Waals surface area contributed by atoms with E-state index in [1.165, 1.54) is 40.3 Å². The summed E-state index contributed by atoms with van der Waals surface area (Å²) in [5, 5.41) is 14.3. The average Bonchev–Trinajstić information content (AvgIpc) is 3.34. The Bertz CT molecular complexity index is 1310. The molecule has 1 amide bonds. The third-order valence-corrected chi connectivity index (χ3v) is 6.57. The predicted octanol–water partition coefficient (Wildman–Crippen LogP) is 2.91. The summed E-state index contributed by atoms with van der Waals surface area (Å²) in [7, 11) is 1.50. The standard InChI is InChI=1S/C24H23F2N3O5S/c1-34-9-8-27-14-28(12-17-3-2-10-35-17)29-13-18(22(31)23(32)21(29)24(27)33)20(30)7-5-15-4-6-16(25)11-19(15)26/h2-4,6,10-11,13,32H,5,7-9,12,14H2,1H3. The number of amides is 1. The normalized spacial score (nSPS) is 13.3. The Morgan fingerprint density at radius 2 is 2.03 bits per heavy atom. The molecule has 0 aliphatic carbocycles. The van der Waals surface area contributed by atoms with Crippen molar-refractivity contribution in [1.29, 1.82) is 0 Å². The van der Waals surface area contributed by atoms with E-state index in [4.69, 9.17) is 4.74 Å². The monoisotopic (exact) mass is 503 g/mol. The molecule has 0 bridgehead atoms. The first-order chi connectivity index (χ1) is 16.8. The maximum absolute atomic E-state index is 14.0. The Labute approximate surface area is 203 Å². The van der Waals surface area contributed by atoms with E-state index in [1.807, 2.05) is 17.5 Å². The van der Waals surface area contributed by atoms with Crippen LogP contribution in [0.5, 0.6) is 5.75 Å². The van der Waals surface area contributed by atoms with Crippen molar-refractivity contribution in [3.63, 3.8) is 0 Å². The van der Waals surface area contributed by atoms with Gasteiger partial charge in [-0.2, -0.15) is 0 Å².